The van der Waals surface area contributed by atoms with Crippen molar-refractivity contribution in [2.24, 2.45) is 0 Å². The molecule has 1 aromatic heterocycles. The molecule has 1 atom stereocenters. The predicted octanol–water partition coefficient (Wildman–Crippen LogP) is 3.77. The lowest BCUT2D eigenvalue weighted by molar-refractivity contribution is 0.301. The third kappa shape index (κ3) is 3.89. The van der Waals surface area contributed by atoms with Crippen molar-refractivity contribution >= 4 is 15.9 Å². The number of rotatable bonds is 6. The summed E-state index contributed by atoms with van der Waals surface area (Å²) in [6.45, 7) is 3.47. The van der Waals surface area contributed by atoms with Crippen LogP contribution in [-0.4, -0.2) is 13.2 Å². The Morgan fingerprint density at radius 1 is 1.33 bits per heavy atom. The molecule has 3 nitrogen and oxygen atoms in total. The predicted molar refractivity (Wildman–Crippen MR) is 74.8 cm³/mol. The summed E-state index contributed by atoms with van der Waals surface area (Å²) in [6, 6.07) is 11.9. The SMILES string of the molecule is CC(NCCOc1cccc(Br)c1)c1ccco1. The van der Waals surface area contributed by atoms with Crippen LogP contribution in [-0.2, 0) is 0 Å². The van der Waals surface area contributed by atoms with Crippen LogP contribution in [0.4, 0.5) is 0 Å². The molecule has 1 aromatic carbocycles. The van der Waals surface area contributed by atoms with E-state index < -0.39 is 0 Å². The molecular weight excluding hydrogens is 294 g/mol. The first-order valence-corrected chi connectivity index (χ1v) is 6.70. The molecule has 0 saturated heterocycles. The maximum atomic E-state index is 5.63. The standard InChI is InChI=1S/C14H16BrNO2/c1-11(14-6-3-8-18-14)16-7-9-17-13-5-2-4-12(15)10-13/h2-6,8,10-11,16H,7,9H2,1H3. The summed E-state index contributed by atoms with van der Waals surface area (Å²) in [6.07, 6.45) is 1.69. The first-order valence-electron chi connectivity index (χ1n) is 5.91. The summed E-state index contributed by atoms with van der Waals surface area (Å²) in [5.74, 6) is 1.81. The first-order chi connectivity index (χ1) is 8.75. The molecule has 0 aliphatic heterocycles. The van der Waals surface area contributed by atoms with Crippen molar-refractivity contribution < 1.29 is 9.15 Å². The Kier molecular flexibility index (Phi) is 4.84. The second-order valence-corrected chi connectivity index (χ2v) is 4.91. The molecule has 0 aliphatic rings. The topological polar surface area (TPSA) is 34.4 Å². The largest absolute Gasteiger partial charge is 0.492 e. The fraction of sp³-hybridized carbons (Fsp3) is 0.286. The minimum Gasteiger partial charge on any atom is -0.492 e. The molecule has 18 heavy (non-hydrogen) atoms. The highest BCUT2D eigenvalue weighted by molar-refractivity contribution is 9.10. The Labute approximate surface area is 115 Å². The lowest BCUT2D eigenvalue weighted by atomic mass is 10.2. The smallest absolute Gasteiger partial charge is 0.120 e. The van der Waals surface area contributed by atoms with E-state index in [0.29, 0.717) is 6.61 Å². The van der Waals surface area contributed by atoms with Crippen LogP contribution in [0, 0.1) is 0 Å². The fourth-order valence-electron chi connectivity index (χ4n) is 1.64. The molecule has 4 heteroatoms. The van der Waals surface area contributed by atoms with Crippen LogP contribution in [0.3, 0.4) is 0 Å². The van der Waals surface area contributed by atoms with Gasteiger partial charge in [-0.1, -0.05) is 22.0 Å². The van der Waals surface area contributed by atoms with Gasteiger partial charge in [0.1, 0.15) is 18.1 Å². The van der Waals surface area contributed by atoms with Crippen molar-refractivity contribution in [1.29, 1.82) is 0 Å². The van der Waals surface area contributed by atoms with Crippen molar-refractivity contribution in [3.05, 3.63) is 52.9 Å². The summed E-state index contributed by atoms with van der Waals surface area (Å²) < 4.78 is 12.0. The Morgan fingerprint density at radius 3 is 2.94 bits per heavy atom. The van der Waals surface area contributed by atoms with Crippen molar-refractivity contribution in [2.75, 3.05) is 13.2 Å². The molecule has 0 amide bonds. The molecule has 96 valence electrons. The summed E-state index contributed by atoms with van der Waals surface area (Å²) in [5, 5.41) is 3.34. The number of halogens is 1. The van der Waals surface area contributed by atoms with E-state index in [1.54, 1.807) is 6.26 Å². The van der Waals surface area contributed by atoms with Gasteiger partial charge in [0.2, 0.25) is 0 Å². The van der Waals surface area contributed by atoms with E-state index in [-0.39, 0.29) is 6.04 Å². The molecular formula is C14H16BrNO2. The van der Waals surface area contributed by atoms with Crippen LogP contribution in [0.15, 0.2) is 51.6 Å². The lowest BCUT2D eigenvalue weighted by Crippen LogP contribution is -2.24. The van der Waals surface area contributed by atoms with Crippen molar-refractivity contribution in [1.82, 2.24) is 5.32 Å². The average Bonchev–Trinajstić information content (AvgIpc) is 2.88. The molecule has 0 bridgehead atoms. The Balaban J connectivity index is 1.70. The minimum absolute atomic E-state index is 0.200. The molecule has 0 aliphatic carbocycles. The van der Waals surface area contributed by atoms with Gasteiger partial charge in [0, 0.05) is 11.0 Å². The van der Waals surface area contributed by atoms with E-state index in [2.05, 4.69) is 28.2 Å². The summed E-state index contributed by atoms with van der Waals surface area (Å²) in [7, 11) is 0. The van der Waals surface area contributed by atoms with Crippen LogP contribution >= 0.6 is 15.9 Å². The maximum Gasteiger partial charge on any atom is 0.120 e. The van der Waals surface area contributed by atoms with E-state index in [9.17, 15) is 0 Å². The summed E-state index contributed by atoms with van der Waals surface area (Å²) in [5.41, 5.74) is 0. The zero-order valence-electron chi connectivity index (χ0n) is 10.2. The van der Waals surface area contributed by atoms with E-state index in [0.717, 1.165) is 22.5 Å². The number of benzene rings is 1. The highest BCUT2D eigenvalue weighted by Gasteiger charge is 2.06. The van der Waals surface area contributed by atoms with Gasteiger partial charge in [-0.15, -0.1) is 0 Å². The third-order valence-electron chi connectivity index (χ3n) is 2.59. The number of hydrogen-bond donors (Lipinski definition) is 1. The van der Waals surface area contributed by atoms with Crippen LogP contribution in [0.25, 0.3) is 0 Å². The maximum absolute atomic E-state index is 5.63. The molecule has 0 saturated carbocycles. The van der Waals surface area contributed by atoms with Gasteiger partial charge >= 0.3 is 0 Å². The average molecular weight is 310 g/mol. The highest BCUT2D eigenvalue weighted by atomic mass is 79.9. The van der Waals surface area contributed by atoms with Crippen LogP contribution in [0.2, 0.25) is 0 Å². The van der Waals surface area contributed by atoms with Gasteiger partial charge in [0.15, 0.2) is 0 Å². The van der Waals surface area contributed by atoms with Gasteiger partial charge in [-0.3, -0.25) is 0 Å². The van der Waals surface area contributed by atoms with Gasteiger partial charge in [-0.2, -0.15) is 0 Å². The van der Waals surface area contributed by atoms with E-state index >= 15 is 0 Å². The zero-order chi connectivity index (χ0) is 12.8. The third-order valence-corrected chi connectivity index (χ3v) is 3.08. The van der Waals surface area contributed by atoms with Crippen molar-refractivity contribution in [2.45, 2.75) is 13.0 Å². The fourth-order valence-corrected chi connectivity index (χ4v) is 2.02. The second-order valence-electron chi connectivity index (χ2n) is 4.00. The Morgan fingerprint density at radius 2 is 2.22 bits per heavy atom. The number of hydrogen-bond acceptors (Lipinski definition) is 3. The Bertz CT molecular complexity index is 470. The molecule has 0 fully saturated rings. The van der Waals surface area contributed by atoms with Gasteiger partial charge in [0.05, 0.1) is 12.3 Å². The highest BCUT2D eigenvalue weighted by Crippen LogP contribution is 2.17. The molecule has 2 aromatic rings. The Hall–Kier alpha value is -1.26. The summed E-state index contributed by atoms with van der Waals surface area (Å²) >= 11 is 3.41. The van der Waals surface area contributed by atoms with Crippen LogP contribution < -0.4 is 10.1 Å². The second kappa shape index (κ2) is 6.61. The number of furan rings is 1. The molecule has 1 N–H and O–H groups in total. The van der Waals surface area contributed by atoms with E-state index in [1.807, 2.05) is 36.4 Å². The summed E-state index contributed by atoms with van der Waals surface area (Å²) in [4.78, 5) is 0. The van der Waals surface area contributed by atoms with Gasteiger partial charge < -0.3 is 14.5 Å². The number of nitrogens with one attached hydrogen (secondary N) is 1. The van der Waals surface area contributed by atoms with Crippen molar-refractivity contribution in [3.8, 4) is 5.75 Å². The minimum atomic E-state index is 0.200. The molecule has 1 unspecified atom stereocenters. The lowest BCUT2D eigenvalue weighted by Gasteiger charge is -2.12. The molecule has 1 heterocycles. The van der Waals surface area contributed by atoms with Gasteiger partial charge in [0.25, 0.3) is 0 Å². The van der Waals surface area contributed by atoms with E-state index in [1.165, 1.54) is 0 Å². The molecule has 2 rings (SSSR count). The van der Waals surface area contributed by atoms with E-state index in [4.69, 9.17) is 9.15 Å². The molecule has 0 spiro atoms. The molecule has 0 radical (unpaired) electrons. The van der Waals surface area contributed by atoms with Crippen LogP contribution in [0.1, 0.15) is 18.7 Å². The zero-order valence-corrected chi connectivity index (χ0v) is 11.8. The quantitative estimate of drug-likeness (QED) is 0.825. The van der Waals surface area contributed by atoms with Gasteiger partial charge in [-0.05, 0) is 37.3 Å². The van der Waals surface area contributed by atoms with Crippen LogP contribution in [0.5, 0.6) is 5.75 Å². The van der Waals surface area contributed by atoms with Crippen molar-refractivity contribution in [3.63, 3.8) is 0 Å². The monoisotopic (exact) mass is 309 g/mol. The van der Waals surface area contributed by atoms with Gasteiger partial charge in [-0.25, -0.2) is 0 Å². The first kappa shape index (κ1) is 13.2. The number of ether oxygens (including phenoxy) is 1. The normalized spacial score (nSPS) is 12.3.